The molecule has 1 amide bonds. The van der Waals surface area contributed by atoms with E-state index in [1.165, 1.54) is 6.20 Å². The molecule has 0 radical (unpaired) electrons. The van der Waals surface area contributed by atoms with E-state index in [2.05, 4.69) is 10.3 Å². The summed E-state index contributed by atoms with van der Waals surface area (Å²) in [6.45, 7) is 3.88. The van der Waals surface area contributed by atoms with E-state index < -0.39 is 17.9 Å². The molecule has 0 aliphatic rings. The Morgan fingerprint density at radius 1 is 1.17 bits per heavy atom. The number of aliphatic carboxylic acids is 1. The molecule has 23 heavy (non-hydrogen) atoms. The van der Waals surface area contributed by atoms with Crippen molar-refractivity contribution < 1.29 is 14.7 Å². The Morgan fingerprint density at radius 2 is 1.87 bits per heavy atom. The van der Waals surface area contributed by atoms with Crippen molar-refractivity contribution in [2.45, 2.75) is 32.7 Å². The average Bonchev–Trinajstić information content (AvgIpc) is 2.55. The Hall–Kier alpha value is -2.69. The first kappa shape index (κ1) is 16.7. The minimum atomic E-state index is -1.03. The normalized spacial score (nSPS) is 11.7. The molecule has 120 valence electrons. The molecule has 0 saturated carbocycles. The van der Waals surface area contributed by atoms with Crippen LogP contribution < -0.4 is 5.32 Å². The Morgan fingerprint density at radius 3 is 2.48 bits per heavy atom. The van der Waals surface area contributed by atoms with Gasteiger partial charge in [0.05, 0.1) is 5.56 Å². The highest BCUT2D eigenvalue weighted by Gasteiger charge is 2.20. The van der Waals surface area contributed by atoms with Crippen molar-refractivity contribution in [3.63, 3.8) is 0 Å². The lowest BCUT2D eigenvalue weighted by molar-refractivity contribution is -0.139. The number of nitrogens with zero attached hydrogens (tertiary/aromatic N) is 1. The topological polar surface area (TPSA) is 79.3 Å². The van der Waals surface area contributed by atoms with Crippen molar-refractivity contribution in [1.82, 2.24) is 10.3 Å². The number of carboxylic acid groups (broad SMARTS) is 1. The van der Waals surface area contributed by atoms with E-state index in [1.54, 1.807) is 12.3 Å². The number of aryl methyl sites for hydroxylation is 1. The van der Waals surface area contributed by atoms with Crippen LogP contribution in [0.1, 0.15) is 35.7 Å². The van der Waals surface area contributed by atoms with Crippen LogP contribution in [-0.4, -0.2) is 28.0 Å². The van der Waals surface area contributed by atoms with Crippen molar-refractivity contribution in [3.8, 4) is 11.1 Å². The smallest absolute Gasteiger partial charge is 0.326 e. The standard InChI is InChI=1S/C18H20N2O3/c1-3-4-16(18(22)23)20-17(21)15-9-14(10-19-11-15)13-7-5-12(2)6-8-13/h5-11,16H,3-4H2,1-2H3,(H,20,21)(H,22,23). The Labute approximate surface area is 135 Å². The zero-order valence-corrected chi connectivity index (χ0v) is 13.2. The van der Waals surface area contributed by atoms with Gasteiger partial charge >= 0.3 is 5.97 Å². The number of carbonyl (C=O) groups excluding carboxylic acids is 1. The van der Waals surface area contributed by atoms with Crippen molar-refractivity contribution in [3.05, 3.63) is 53.9 Å². The number of aromatic nitrogens is 1. The zero-order chi connectivity index (χ0) is 16.8. The molecule has 0 fully saturated rings. The van der Waals surface area contributed by atoms with Crippen LogP contribution in [0.4, 0.5) is 0 Å². The van der Waals surface area contributed by atoms with Gasteiger partial charge in [-0.15, -0.1) is 0 Å². The predicted molar refractivity (Wildman–Crippen MR) is 88.2 cm³/mol. The monoisotopic (exact) mass is 312 g/mol. The summed E-state index contributed by atoms with van der Waals surface area (Å²) in [5.41, 5.74) is 3.28. The van der Waals surface area contributed by atoms with Gasteiger partial charge in [0.2, 0.25) is 0 Å². The fourth-order valence-electron chi connectivity index (χ4n) is 2.26. The molecule has 1 atom stereocenters. The largest absolute Gasteiger partial charge is 0.480 e. The van der Waals surface area contributed by atoms with Gasteiger partial charge in [-0.25, -0.2) is 4.79 Å². The van der Waals surface area contributed by atoms with Gasteiger partial charge < -0.3 is 10.4 Å². The van der Waals surface area contributed by atoms with Gasteiger partial charge in [-0.1, -0.05) is 43.2 Å². The SMILES string of the molecule is CCCC(NC(=O)c1cncc(-c2ccc(C)cc2)c1)C(=O)O. The van der Waals surface area contributed by atoms with Crippen LogP contribution in [0.2, 0.25) is 0 Å². The molecule has 5 heteroatoms. The highest BCUT2D eigenvalue weighted by molar-refractivity contribution is 5.97. The van der Waals surface area contributed by atoms with Crippen LogP contribution in [0, 0.1) is 6.92 Å². The average molecular weight is 312 g/mol. The summed E-state index contributed by atoms with van der Waals surface area (Å²) in [5.74, 6) is -1.45. The highest BCUT2D eigenvalue weighted by Crippen LogP contribution is 2.20. The minimum Gasteiger partial charge on any atom is -0.480 e. The first-order valence-corrected chi connectivity index (χ1v) is 7.57. The van der Waals surface area contributed by atoms with Crippen LogP contribution in [0.3, 0.4) is 0 Å². The Bertz CT molecular complexity index is 696. The molecule has 0 spiro atoms. The second-order valence-corrected chi connectivity index (χ2v) is 5.48. The first-order chi connectivity index (χ1) is 11.0. The number of nitrogens with one attached hydrogen (secondary N) is 1. The van der Waals surface area contributed by atoms with E-state index in [0.29, 0.717) is 18.4 Å². The van der Waals surface area contributed by atoms with Gasteiger partial charge in [0.1, 0.15) is 6.04 Å². The molecule has 1 aromatic heterocycles. The highest BCUT2D eigenvalue weighted by atomic mass is 16.4. The lowest BCUT2D eigenvalue weighted by Crippen LogP contribution is -2.40. The summed E-state index contributed by atoms with van der Waals surface area (Å²) in [7, 11) is 0. The number of pyridine rings is 1. The fourth-order valence-corrected chi connectivity index (χ4v) is 2.26. The van der Waals surface area contributed by atoms with Crippen LogP contribution in [-0.2, 0) is 4.79 Å². The number of carboxylic acids is 1. The maximum absolute atomic E-state index is 12.3. The molecular weight excluding hydrogens is 292 g/mol. The van der Waals surface area contributed by atoms with E-state index in [9.17, 15) is 9.59 Å². The van der Waals surface area contributed by atoms with Gasteiger partial charge in [-0.3, -0.25) is 9.78 Å². The van der Waals surface area contributed by atoms with E-state index in [1.807, 2.05) is 38.1 Å². The van der Waals surface area contributed by atoms with Crippen LogP contribution in [0.15, 0.2) is 42.7 Å². The van der Waals surface area contributed by atoms with Crippen LogP contribution in [0.5, 0.6) is 0 Å². The molecule has 1 aromatic carbocycles. The molecule has 2 rings (SSSR count). The summed E-state index contributed by atoms with van der Waals surface area (Å²) < 4.78 is 0. The second-order valence-electron chi connectivity index (χ2n) is 5.48. The lowest BCUT2D eigenvalue weighted by atomic mass is 10.0. The van der Waals surface area contributed by atoms with Crippen LogP contribution >= 0.6 is 0 Å². The lowest BCUT2D eigenvalue weighted by Gasteiger charge is -2.13. The summed E-state index contributed by atoms with van der Waals surface area (Å²) in [6.07, 6.45) is 4.20. The molecule has 1 heterocycles. The molecule has 2 N–H and O–H groups in total. The van der Waals surface area contributed by atoms with E-state index in [4.69, 9.17) is 5.11 Å². The molecule has 0 aliphatic heterocycles. The molecule has 5 nitrogen and oxygen atoms in total. The molecule has 0 saturated heterocycles. The number of hydrogen-bond acceptors (Lipinski definition) is 3. The maximum Gasteiger partial charge on any atom is 0.326 e. The summed E-state index contributed by atoms with van der Waals surface area (Å²) in [5, 5.41) is 11.7. The van der Waals surface area contributed by atoms with Crippen molar-refractivity contribution in [2.24, 2.45) is 0 Å². The van der Waals surface area contributed by atoms with Gasteiger partial charge in [0, 0.05) is 18.0 Å². The molecule has 2 aromatic rings. The number of amides is 1. The van der Waals surface area contributed by atoms with Gasteiger partial charge in [-0.2, -0.15) is 0 Å². The third kappa shape index (κ3) is 4.39. The predicted octanol–water partition coefficient (Wildman–Crippen LogP) is 3.04. The number of benzene rings is 1. The Balaban J connectivity index is 2.20. The third-order valence-corrected chi connectivity index (χ3v) is 3.57. The summed E-state index contributed by atoms with van der Waals surface area (Å²) in [6, 6.07) is 8.75. The molecular formula is C18H20N2O3. The number of hydrogen-bond donors (Lipinski definition) is 2. The van der Waals surface area contributed by atoms with Crippen molar-refractivity contribution in [1.29, 1.82) is 0 Å². The summed E-state index contributed by atoms with van der Waals surface area (Å²) in [4.78, 5) is 27.5. The van der Waals surface area contributed by atoms with E-state index in [-0.39, 0.29) is 0 Å². The second kappa shape index (κ2) is 7.54. The van der Waals surface area contributed by atoms with Gasteiger partial charge in [0.25, 0.3) is 5.91 Å². The first-order valence-electron chi connectivity index (χ1n) is 7.57. The van der Waals surface area contributed by atoms with Crippen LogP contribution in [0.25, 0.3) is 11.1 Å². The van der Waals surface area contributed by atoms with Crippen molar-refractivity contribution >= 4 is 11.9 Å². The quantitative estimate of drug-likeness (QED) is 0.859. The van der Waals surface area contributed by atoms with Crippen molar-refractivity contribution in [2.75, 3.05) is 0 Å². The molecule has 0 aliphatic carbocycles. The minimum absolute atomic E-state index is 0.352. The van der Waals surface area contributed by atoms with E-state index >= 15 is 0 Å². The van der Waals surface area contributed by atoms with Gasteiger partial charge in [0.15, 0.2) is 0 Å². The number of carbonyl (C=O) groups is 2. The summed E-state index contributed by atoms with van der Waals surface area (Å²) >= 11 is 0. The molecule has 1 unspecified atom stereocenters. The van der Waals surface area contributed by atoms with Gasteiger partial charge in [-0.05, 0) is 25.0 Å². The maximum atomic E-state index is 12.3. The zero-order valence-electron chi connectivity index (χ0n) is 13.2. The third-order valence-electron chi connectivity index (χ3n) is 3.57. The molecule has 0 bridgehead atoms. The Kier molecular flexibility index (Phi) is 5.46. The van der Waals surface area contributed by atoms with E-state index in [0.717, 1.165) is 16.7 Å². The fraction of sp³-hybridized carbons (Fsp3) is 0.278. The number of rotatable bonds is 6.